The van der Waals surface area contributed by atoms with Crippen molar-refractivity contribution in [2.24, 2.45) is 4.99 Å². The van der Waals surface area contributed by atoms with Crippen LogP contribution in [0.1, 0.15) is 33.3 Å². The van der Waals surface area contributed by atoms with Crippen LogP contribution in [0.15, 0.2) is 35.3 Å². The lowest BCUT2D eigenvalue weighted by Crippen LogP contribution is -2.39. The largest absolute Gasteiger partial charge is 0.348 e. The highest BCUT2D eigenvalue weighted by atomic mass is 16.8. The SMILES string of the molecule is CC1(C)O[C@H]([C@H]2COC(C)(C)O2)[C@@H](C=NCc2ccccc2)O1. The third-order valence-electron chi connectivity index (χ3n) is 3.93. The Balaban J connectivity index is 1.66. The second-order valence-electron chi connectivity index (χ2n) is 6.91. The van der Waals surface area contributed by atoms with E-state index in [2.05, 4.69) is 17.1 Å². The van der Waals surface area contributed by atoms with Crippen molar-refractivity contribution in [3.63, 3.8) is 0 Å². The fraction of sp³-hybridized carbons (Fsp3) is 0.611. The third kappa shape index (κ3) is 4.18. The standard InChI is InChI=1S/C18H25NO4/c1-17(2)20-12-15(22-17)16-14(21-18(3,4)23-16)11-19-10-13-8-6-5-7-9-13/h5-9,11,14-16H,10,12H2,1-4H3/t14-,15-,16+/m1/s1. The van der Waals surface area contributed by atoms with E-state index >= 15 is 0 Å². The first-order chi connectivity index (χ1) is 10.8. The summed E-state index contributed by atoms with van der Waals surface area (Å²) in [5.41, 5.74) is 1.17. The number of hydrogen-bond acceptors (Lipinski definition) is 5. The molecule has 126 valence electrons. The Labute approximate surface area is 137 Å². The van der Waals surface area contributed by atoms with Gasteiger partial charge >= 0.3 is 0 Å². The summed E-state index contributed by atoms with van der Waals surface area (Å²) in [6.07, 6.45) is 1.23. The molecule has 5 heteroatoms. The fourth-order valence-corrected chi connectivity index (χ4v) is 2.94. The van der Waals surface area contributed by atoms with Crippen molar-refractivity contribution < 1.29 is 18.9 Å². The maximum atomic E-state index is 6.02. The summed E-state index contributed by atoms with van der Waals surface area (Å²) in [5.74, 6) is -1.23. The molecule has 3 rings (SSSR count). The average molecular weight is 319 g/mol. The molecule has 0 saturated carbocycles. The molecular weight excluding hydrogens is 294 g/mol. The van der Waals surface area contributed by atoms with Gasteiger partial charge in [0, 0.05) is 6.21 Å². The predicted molar refractivity (Wildman–Crippen MR) is 87.4 cm³/mol. The molecule has 5 nitrogen and oxygen atoms in total. The van der Waals surface area contributed by atoms with E-state index in [0.717, 1.165) is 0 Å². The molecule has 0 aliphatic carbocycles. The molecule has 0 unspecified atom stereocenters. The van der Waals surface area contributed by atoms with E-state index in [0.29, 0.717) is 13.2 Å². The lowest BCUT2D eigenvalue weighted by atomic mass is 10.1. The Hall–Kier alpha value is -1.27. The normalized spacial score (nSPS) is 32.6. The summed E-state index contributed by atoms with van der Waals surface area (Å²) in [6, 6.07) is 10.1. The molecule has 0 amide bonds. The van der Waals surface area contributed by atoms with E-state index in [9.17, 15) is 0 Å². The van der Waals surface area contributed by atoms with Crippen molar-refractivity contribution in [3.05, 3.63) is 35.9 Å². The molecule has 0 radical (unpaired) electrons. The highest BCUT2D eigenvalue weighted by Gasteiger charge is 2.49. The highest BCUT2D eigenvalue weighted by Crippen LogP contribution is 2.34. The maximum absolute atomic E-state index is 6.02. The van der Waals surface area contributed by atoms with E-state index in [1.807, 2.05) is 52.1 Å². The van der Waals surface area contributed by atoms with Crippen molar-refractivity contribution in [1.29, 1.82) is 0 Å². The van der Waals surface area contributed by atoms with Crippen LogP contribution in [-0.4, -0.2) is 42.7 Å². The average Bonchev–Trinajstić information content (AvgIpc) is 2.99. The van der Waals surface area contributed by atoms with E-state index in [-0.39, 0.29) is 18.3 Å². The van der Waals surface area contributed by atoms with Crippen molar-refractivity contribution >= 4 is 6.21 Å². The zero-order valence-corrected chi connectivity index (χ0v) is 14.2. The molecule has 0 bridgehead atoms. The van der Waals surface area contributed by atoms with E-state index < -0.39 is 11.6 Å². The summed E-state index contributed by atoms with van der Waals surface area (Å²) >= 11 is 0. The second kappa shape index (κ2) is 6.32. The molecule has 2 heterocycles. The molecule has 0 spiro atoms. The lowest BCUT2D eigenvalue weighted by Gasteiger charge is -2.22. The quantitative estimate of drug-likeness (QED) is 0.801. The molecular formula is C18H25NO4. The van der Waals surface area contributed by atoms with Crippen molar-refractivity contribution in [2.45, 2.75) is 64.1 Å². The Morgan fingerprint density at radius 2 is 1.78 bits per heavy atom. The van der Waals surface area contributed by atoms with Crippen LogP contribution in [-0.2, 0) is 25.5 Å². The first-order valence-corrected chi connectivity index (χ1v) is 8.06. The van der Waals surface area contributed by atoms with Crippen LogP contribution in [0, 0.1) is 0 Å². The van der Waals surface area contributed by atoms with Crippen LogP contribution in [0.4, 0.5) is 0 Å². The van der Waals surface area contributed by atoms with Crippen LogP contribution in [0.25, 0.3) is 0 Å². The van der Waals surface area contributed by atoms with Gasteiger partial charge in [-0.3, -0.25) is 4.99 Å². The molecule has 23 heavy (non-hydrogen) atoms. The number of ether oxygens (including phenoxy) is 4. The molecule has 1 aromatic rings. The van der Waals surface area contributed by atoms with Crippen LogP contribution >= 0.6 is 0 Å². The van der Waals surface area contributed by atoms with E-state index in [1.165, 1.54) is 5.56 Å². The minimum absolute atomic E-state index is 0.153. The Morgan fingerprint density at radius 1 is 1.04 bits per heavy atom. The van der Waals surface area contributed by atoms with Gasteiger partial charge in [-0.2, -0.15) is 0 Å². The van der Waals surface area contributed by atoms with Crippen LogP contribution in [0.5, 0.6) is 0 Å². The van der Waals surface area contributed by atoms with Crippen molar-refractivity contribution in [2.75, 3.05) is 6.61 Å². The Bertz CT molecular complexity index is 555. The first-order valence-electron chi connectivity index (χ1n) is 8.06. The summed E-state index contributed by atoms with van der Waals surface area (Å²) in [5, 5.41) is 0. The fourth-order valence-electron chi connectivity index (χ4n) is 2.94. The zero-order valence-electron chi connectivity index (χ0n) is 14.2. The first kappa shape index (κ1) is 16.6. The van der Waals surface area contributed by atoms with Gasteiger partial charge in [-0.1, -0.05) is 30.3 Å². The molecule has 3 atom stereocenters. The smallest absolute Gasteiger partial charge is 0.164 e. The van der Waals surface area contributed by atoms with Gasteiger partial charge in [0.05, 0.1) is 13.2 Å². The van der Waals surface area contributed by atoms with Crippen LogP contribution < -0.4 is 0 Å². The van der Waals surface area contributed by atoms with Gasteiger partial charge in [-0.15, -0.1) is 0 Å². The third-order valence-corrected chi connectivity index (χ3v) is 3.93. The molecule has 0 aromatic heterocycles. The van der Waals surface area contributed by atoms with Crippen LogP contribution in [0.3, 0.4) is 0 Å². The van der Waals surface area contributed by atoms with Gasteiger partial charge in [0.25, 0.3) is 0 Å². The number of aliphatic imine (C=N–C) groups is 1. The number of hydrogen-bond donors (Lipinski definition) is 0. The molecule has 2 saturated heterocycles. The molecule has 0 N–H and O–H groups in total. The highest BCUT2D eigenvalue weighted by molar-refractivity contribution is 5.64. The summed E-state index contributed by atoms with van der Waals surface area (Å²) < 4.78 is 23.6. The lowest BCUT2D eigenvalue weighted by molar-refractivity contribution is -0.174. The number of benzene rings is 1. The van der Waals surface area contributed by atoms with Gasteiger partial charge in [0.15, 0.2) is 11.6 Å². The summed E-state index contributed by atoms with van der Waals surface area (Å²) in [7, 11) is 0. The van der Waals surface area contributed by atoms with Gasteiger partial charge in [0.1, 0.15) is 18.3 Å². The van der Waals surface area contributed by atoms with Gasteiger partial charge < -0.3 is 18.9 Å². The van der Waals surface area contributed by atoms with Gasteiger partial charge in [-0.05, 0) is 33.3 Å². The molecule has 2 aliphatic rings. The van der Waals surface area contributed by atoms with Crippen LogP contribution in [0.2, 0.25) is 0 Å². The van der Waals surface area contributed by atoms with Crippen molar-refractivity contribution in [3.8, 4) is 0 Å². The maximum Gasteiger partial charge on any atom is 0.164 e. The molecule has 2 fully saturated rings. The zero-order chi connectivity index (χ0) is 16.5. The predicted octanol–water partition coefficient (Wildman–Crippen LogP) is 2.93. The number of rotatable bonds is 4. The topological polar surface area (TPSA) is 49.3 Å². The molecule has 1 aromatic carbocycles. The Morgan fingerprint density at radius 3 is 2.43 bits per heavy atom. The van der Waals surface area contributed by atoms with E-state index in [1.54, 1.807) is 0 Å². The molecule has 2 aliphatic heterocycles. The van der Waals surface area contributed by atoms with Crippen molar-refractivity contribution in [1.82, 2.24) is 0 Å². The Kier molecular flexibility index (Phi) is 4.56. The second-order valence-corrected chi connectivity index (χ2v) is 6.91. The summed E-state index contributed by atoms with van der Waals surface area (Å²) in [4.78, 5) is 4.52. The number of nitrogens with zero attached hydrogens (tertiary/aromatic N) is 1. The van der Waals surface area contributed by atoms with Gasteiger partial charge in [-0.25, -0.2) is 0 Å². The van der Waals surface area contributed by atoms with E-state index in [4.69, 9.17) is 18.9 Å². The minimum atomic E-state index is -0.649. The summed E-state index contributed by atoms with van der Waals surface area (Å²) in [6.45, 7) is 8.76. The monoisotopic (exact) mass is 319 g/mol. The van der Waals surface area contributed by atoms with Gasteiger partial charge in [0.2, 0.25) is 0 Å². The minimum Gasteiger partial charge on any atom is -0.348 e.